The number of nitrogens with two attached hydrogens (primary N) is 1. The summed E-state index contributed by atoms with van der Waals surface area (Å²) in [6.45, 7) is 11.7. The number of hydrogen-bond donors (Lipinski definition) is 1. The summed E-state index contributed by atoms with van der Waals surface area (Å²) in [4.78, 5) is 16.0. The van der Waals surface area contributed by atoms with Crippen molar-refractivity contribution >= 4 is 11.8 Å². The summed E-state index contributed by atoms with van der Waals surface area (Å²) >= 11 is 0. The molecule has 0 bridgehead atoms. The molecule has 0 saturated carbocycles. The lowest BCUT2D eigenvalue weighted by Gasteiger charge is -2.26. The normalized spacial score (nSPS) is 11.7. The lowest BCUT2D eigenvalue weighted by Crippen LogP contribution is -2.24. The maximum absolute atomic E-state index is 11.7. The van der Waals surface area contributed by atoms with E-state index in [1.54, 1.807) is 0 Å². The van der Waals surface area contributed by atoms with Gasteiger partial charge in [-0.25, -0.2) is 9.78 Å². The Kier molecular flexibility index (Phi) is 5.60. The van der Waals surface area contributed by atoms with Gasteiger partial charge in [0.15, 0.2) is 5.69 Å². The van der Waals surface area contributed by atoms with E-state index in [9.17, 15) is 4.79 Å². The van der Waals surface area contributed by atoms with E-state index in [4.69, 9.17) is 10.5 Å². The first-order valence-corrected chi connectivity index (χ1v) is 7.26. The molecular formula is C15H27N3O2. The number of carbonyl (C=O) groups is 1. The molecule has 0 aliphatic rings. The van der Waals surface area contributed by atoms with Gasteiger partial charge in [0.1, 0.15) is 11.6 Å². The molecule has 0 spiro atoms. The Bertz CT molecular complexity index is 456. The Balaban J connectivity index is 3.16. The summed E-state index contributed by atoms with van der Waals surface area (Å²) < 4.78 is 6.70. The van der Waals surface area contributed by atoms with Gasteiger partial charge in [-0.15, -0.1) is 0 Å². The minimum Gasteiger partial charge on any atom is -0.464 e. The summed E-state index contributed by atoms with van der Waals surface area (Å²) in [7, 11) is 1.34. The summed E-state index contributed by atoms with van der Waals surface area (Å²) in [6.07, 6.45) is 0.740. The Morgan fingerprint density at radius 3 is 2.25 bits per heavy atom. The van der Waals surface area contributed by atoms with Crippen LogP contribution >= 0.6 is 0 Å². The molecule has 0 atom stereocenters. The number of aryl methyl sites for hydroxylation is 1. The van der Waals surface area contributed by atoms with Crippen LogP contribution in [0.5, 0.6) is 0 Å². The predicted molar refractivity (Wildman–Crippen MR) is 80.5 cm³/mol. The Morgan fingerprint density at radius 1 is 1.30 bits per heavy atom. The van der Waals surface area contributed by atoms with E-state index in [0.717, 1.165) is 18.8 Å². The number of rotatable bonds is 6. The highest BCUT2D eigenvalue weighted by molar-refractivity contribution is 5.92. The number of imidazole rings is 1. The zero-order valence-corrected chi connectivity index (χ0v) is 13.4. The number of anilines is 1. The zero-order chi connectivity index (χ0) is 15.4. The second-order valence-corrected chi connectivity index (χ2v) is 5.87. The van der Waals surface area contributed by atoms with Crippen molar-refractivity contribution in [2.24, 2.45) is 17.8 Å². The van der Waals surface area contributed by atoms with Crippen LogP contribution in [0.15, 0.2) is 0 Å². The van der Waals surface area contributed by atoms with Crippen molar-refractivity contribution in [3.05, 3.63) is 11.5 Å². The van der Waals surface area contributed by atoms with Gasteiger partial charge in [-0.05, 0) is 17.8 Å². The fraction of sp³-hybridized carbons (Fsp3) is 0.733. The molecule has 20 heavy (non-hydrogen) atoms. The van der Waals surface area contributed by atoms with E-state index in [1.807, 2.05) is 11.5 Å². The molecule has 0 saturated heterocycles. The number of methoxy groups -OCH3 is 1. The van der Waals surface area contributed by atoms with Crippen molar-refractivity contribution < 1.29 is 9.53 Å². The molecule has 1 rings (SSSR count). The molecule has 1 aromatic rings. The third-order valence-electron chi connectivity index (χ3n) is 3.89. The maximum atomic E-state index is 11.7. The van der Waals surface area contributed by atoms with Gasteiger partial charge in [-0.2, -0.15) is 0 Å². The lowest BCUT2D eigenvalue weighted by atomic mass is 9.85. The summed E-state index contributed by atoms with van der Waals surface area (Å²) in [5.74, 6) is 2.37. The van der Waals surface area contributed by atoms with Gasteiger partial charge in [0, 0.05) is 13.0 Å². The molecular weight excluding hydrogens is 254 g/mol. The number of aromatic nitrogens is 2. The van der Waals surface area contributed by atoms with Crippen molar-refractivity contribution in [2.45, 2.75) is 47.6 Å². The van der Waals surface area contributed by atoms with Crippen LogP contribution in [0.3, 0.4) is 0 Å². The summed E-state index contributed by atoms with van der Waals surface area (Å²) in [5.41, 5.74) is 6.34. The molecule has 0 fully saturated rings. The molecule has 0 aliphatic carbocycles. The molecule has 114 valence electrons. The number of nitrogens with zero attached hydrogens (tertiary/aromatic N) is 2. The summed E-state index contributed by atoms with van der Waals surface area (Å²) in [6, 6.07) is 0. The van der Waals surface area contributed by atoms with Gasteiger partial charge in [0.25, 0.3) is 0 Å². The van der Waals surface area contributed by atoms with Crippen LogP contribution in [-0.2, 0) is 17.7 Å². The van der Waals surface area contributed by atoms with E-state index in [-0.39, 0.29) is 5.69 Å². The van der Waals surface area contributed by atoms with Crippen molar-refractivity contribution in [3.8, 4) is 0 Å². The number of ether oxygens (including phenoxy) is 1. The second-order valence-electron chi connectivity index (χ2n) is 5.87. The van der Waals surface area contributed by atoms with Crippen LogP contribution in [0.2, 0.25) is 0 Å². The molecule has 0 aliphatic heterocycles. The first-order chi connectivity index (χ1) is 9.33. The molecule has 1 heterocycles. The number of hydrogen-bond acceptors (Lipinski definition) is 4. The molecule has 2 N–H and O–H groups in total. The van der Waals surface area contributed by atoms with Gasteiger partial charge in [-0.3, -0.25) is 0 Å². The van der Waals surface area contributed by atoms with Crippen LogP contribution in [-0.4, -0.2) is 22.6 Å². The standard InChI is InChI=1S/C15H27N3O2/c1-7-12-17-13(15(19)20-6)14(16)18(12)8-11(9(2)3)10(4)5/h9-11H,7-8,16H2,1-6H3. The highest BCUT2D eigenvalue weighted by Gasteiger charge is 2.24. The van der Waals surface area contributed by atoms with E-state index >= 15 is 0 Å². The van der Waals surface area contributed by atoms with E-state index in [1.165, 1.54) is 7.11 Å². The van der Waals surface area contributed by atoms with Gasteiger partial charge < -0.3 is 15.0 Å². The van der Waals surface area contributed by atoms with Crippen LogP contribution in [0.4, 0.5) is 5.82 Å². The van der Waals surface area contributed by atoms with E-state index in [2.05, 4.69) is 32.7 Å². The van der Waals surface area contributed by atoms with E-state index < -0.39 is 5.97 Å². The van der Waals surface area contributed by atoms with Gasteiger partial charge in [0.05, 0.1) is 7.11 Å². The van der Waals surface area contributed by atoms with Gasteiger partial charge in [-0.1, -0.05) is 34.6 Å². The molecule has 0 radical (unpaired) electrons. The average molecular weight is 281 g/mol. The lowest BCUT2D eigenvalue weighted by molar-refractivity contribution is 0.0595. The minimum absolute atomic E-state index is 0.232. The molecule has 0 amide bonds. The second kappa shape index (κ2) is 6.77. The smallest absolute Gasteiger partial charge is 0.360 e. The molecule has 0 aromatic carbocycles. The zero-order valence-electron chi connectivity index (χ0n) is 13.4. The SMILES string of the molecule is CCc1nc(C(=O)OC)c(N)n1CC(C(C)C)C(C)C. The van der Waals surface area contributed by atoms with Gasteiger partial charge >= 0.3 is 5.97 Å². The molecule has 5 nitrogen and oxygen atoms in total. The Hall–Kier alpha value is -1.52. The van der Waals surface area contributed by atoms with Crippen LogP contribution < -0.4 is 5.73 Å². The fourth-order valence-electron chi connectivity index (χ4n) is 2.64. The molecule has 1 aromatic heterocycles. The molecule has 0 unspecified atom stereocenters. The number of nitrogen functional groups attached to an aromatic ring is 1. The monoisotopic (exact) mass is 281 g/mol. The fourth-order valence-corrected chi connectivity index (χ4v) is 2.64. The van der Waals surface area contributed by atoms with Gasteiger partial charge in [0.2, 0.25) is 0 Å². The maximum Gasteiger partial charge on any atom is 0.360 e. The quantitative estimate of drug-likeness (QED) is 0.814. The van der Waals surface area contributed by atoms with Crippen LogP contribution in [0.1, 0.15) is 50.9 Å². The highest BCUT2D eigenvalue weighted by Crippen LogP contribution is 2.26. The number of esters is 1. The summed E-state index contributed by atoms with van der Waals surface area (Å²) in [5, 5.41) is 0. The van der Waals surface area contributed by atoms with Crippen LogP contribution in [0.25, 0.3) is 0 Å². The average Bonchev–Trinajstić information content (AvgIpc) is 2.70. The third kappa shape index (κ3) is 3.32. The third-order valence-corrected chi connectivity index (χ3v) is 3.89. The highest BCUT2D eigenvalue weighted by atomic mass is 16.5. The van der Waals surface area contributed by atoms with Crippen molar-refractivity contribution in [1.82, 2.24) is 9.55 Å². The van der Waals surface area contributed by atoms with Crippen molar-refractivity contribution in [3.63, 3.8) is 0 Å². The first-order valence-electron chi connectivity index (χ1n) is 7.26. The van der Waals surface area contributed by atoms with Crippen molar-refractivity contribution in [1.29, 1.82) is 0 Å². The topological polar surface area (TPSA) is 70.1 Å². The number of carbonyl (C=O) groups excluding carboxylic acids is 1. The Morgan fingerprint density at radius 2 is 1.85 bits per heavy atom. The minimum atomic E-state index is -0.471. The Labute approximate surface area is 121 Å². The first kappa shape index (κ1) is 16.5. The largest absolute Gasteiger partial charge is 0.464 e. The predicted octanol–water partition coefficient (Wildman–Crippen LogP) is 2.74. The van der Waals surface area contributed by atoms with E-state index in [0.29, 0.717) is 23.6 Å². The molecule has 5 heteroatoms. The van der Waals surface area contributed by atoms with Crippen molar-refractivity contribution in [2.75, 3.05) is 12.8 Å². The van der Waals surface area contributed by atoms with Crippen LogP contribution in [0, 0.1) is 17.8 Å².